The number of aromatic nitrogens is 3. The maximum Gasteiger partial charge on any atom is 0.135 e. The van der Waals surface area contributed by atoms with Gasteiger partial charge in [0.05, 0.1) is 16.2 Å². The largest absolute Gasteiger partial charge is 0.388 e. The molecule has 5 nitrogen and oxygen atoms in total. The van der Waals surface area contributed by atoms with Crippen molar-refractivity contribution in [1.29, 1.82) is 0 Å². The maximum absolute atomic E-state index is 9.34. The number of imidazole rings is 1. The number of likely N-dealkylation sites (N-methyl/N-ethyl adjacent to an activating group) is 1. The van der Waals surface area contributed by atoms with E-state index in [4.69, 9.17) is 0 Å². The molecule has 0 fully saturated rings. The van der Waals surface area contributed by atoms with Crippen LogP contribution < -0.4 is 0 Å². The maximum atomic E-state index is 9.34. The van der Waals surface area contributed by atoms with E-state index in [2.05, 4.69) is 30.8 Å². The van der Waals surface area contributed by atoms with Crippen molar-refractivity contribution < 1.29 is 5.11 Å². The third-order valence-corrected chi connectivity index (χ3v) is 3.18. The van der Waals surface area contributed by atoms with Crippen molar-refractivity contribution in [3.63, 3.8) is 0 Å². The molecule has 0 aliphatic carbocycles. The van der Waals surface area contributed by atoms with Crippen LogP contribution in [0.3, 0.4) is 0 Å². The van der Waals surface area contributed by atoms with Gasteiger partial charge in [-0.05, 0) is 30.0 Å². The lowest BCUT2D eigenvalue weighted by Crippen LogP contribution is -2.19. The number of nitrogens with zero attached hydrogens (tertiary/aromatic N) is 4. The second kappa shape index (κ2) is 5.12. The van der Waals surface area contributed by atoms with E-state index < -0.39 is 0 Å². The number of halogens is 1. The van der Waals surface area contributed by atoms with Gasteiger partial charge in [0.25, 0.3) is 0 Å². The fourth-order valence-electron chi connectivity index (χ4n) is 1.76. The van der Waals surface area contributed by atoms with Gasteiger partial charge in [-0.15, -0.1) is 0 Å². The number of fused-ring (bicyclic) bond motifs is 1. The number of aliphatic hydroxyl groups is 1. The average molecular weight is 299 g/mol. The Bertz CT molecular complexity index is 523. The van der Waals surface area contributed by atoms with Crippen LogP contribution in [0.4, 0.5) is 0 Å². The van der Waals surface area contributed by atoms with E-state index in [0.717, 1.165) is 28.6 Å². The number of hydrogen-bond acceptors (Lipinski definition) is 4. The first-order chi connectivity index (χ1) is 8.13. The fraction of sp³-hybridized carbons (Fsp3) is 0.455. The van der Waals surface area contributed by atoms with Crippen LogP contribution in [-0.4, -0.2) is 45.2 Å². The third kappa shape index (κ3) is 2.48. The van der Waals surface area contributed by atoms with E-state index in [9.17, 15) is 5.11 Å². The Hall–Kier alpha value is -0.980. The highest BCUT2D eigenvalue weighted by Gasteiger charge is 2.12. The first kappa shape index (κ1) is 12.5. The Morgan fingerprint density at radius 1 is 1.41 bits per heavy atom. The summed E-state index contributed by atoms with van der Waals surface area (Å²) in [6.45, 7) is 1.63. The predicted octanol–water partition coefficient (Wildman–Crippen LogP) is 1.25. The molecule has 0 aliphatic rings. The van der Waals surface area contributed by atoms with Gasteiger partial charge in [0.15, 0.2) is 0 Å². The van der Waals surface area contributed by atoms with Crippen molar-refractivity contribution in [3.8, 4) is 0 Å². The van der Waals surface area contributed by atoms with Crippen LogP contribution in [0.25, 0.3) is 11.0 Å². The van der Waals surface area contributed by atoms with Gasteiger partial charge >= 0.3 is 0 Å². The van der Waals surface area contributed by atoms with Crippen molar-refractivity contribution in [3.05, 3.63) is 22.7 Å². The summed E-state index contributed by atoms with van der Waals surface area (Å²) in [6.07, 6.45) is 3.46. The Kier molecular flexibility index (Phi) is 3.76. The smallest absolute Gasteiger partial charge is 0.135 e. The van der Waals surface area contributed by atoms with Gasteiger partial charge in [-0.3, -0.25) is 4.98 Å². The van der Waals surface area contributed by atoms with Crippen molar-refractivity contribution in [2.45, 2.75) is 13.2 Å². The summed E-state index contributed by atoms with van der Waals surface area (Å²) in [5, 5.41) is 9.34. The van der Waals surface area contributed by atoms with E-state index >= 15 is 0 Å². The molecule has 0 saturated carbocycles. The van der Waals surface area contributed by atoms with Crippen LogP contribution in [0.1, 0.15) is 5.82 Å². The lowest BCUT2D eigenvalue weighted by atomic mass is 10.4. The molecular weight excluding hydrogens is 284 g/mol. The molecule has 2 rings (SSSR count). The van der Waals surface area contributed by atoms with E-state index in [1.807, 2.05) is 18.7 Å². The number of pyridine rings is 1. The zero-order valence-electron chi connectivity index (χ0n) is 9.89. The summed E-state index contributed by atoms with van der Waals surface area (Å²) in [4.78, 5) is 10.6. The number of aliphatic hydroxyl groups excluding tert-OH is 1. The van der Waals surface area contributed by atoms with Gasteiger partial charge in [0.2, 0.25) is 0 Å². The van der Waals surface area contributed by atoms with Crippen molar-refractivity contribution in [2.75, 3.05) is 20.6 Å². The van der Waals surface area contributed by atoms with Crippen LogP contribution in [0.15, 0.2) is 16.9 Å². The standard InChI is InChI=1S/C11H15BrN4O/c1-15(2)3-4-16-10(7-17)14-9-6-13-5-8(12)11(9)16/h5-6,17H,3-4,7H2,1-2H3. The molecule has 0 aromatic carbocycles. The molecule has 0 spiro atoms. The van der Waals surface area contributed by atoms with Gasteiger partial charge in [0.1, 0.15) is 17.9 Å². The van der Waals surface area contributed by atoms with E-state index in [1.54, 1.807) is 12.4 Å². The minimum atomic E-state index is -0.0610. The lowest BCUT2D eigenvalue weighted by molar-refractivity contribution is 0.263. The van der Waals surface area contributed by atoms with Crippen molar-refractivity contribution in [1.82, 2.24) is 19.4 Å². The van der Waals surface area contributed by atoms with Gasteiger partial charge in [0, 0.05) is 19.3 Å². The summed E-state index contributed by atoms with van der Waals surface area (Å²) in [6, 6.07) is 0. The molecule has 6 heteroatoms. The molecule has 0 unspecified atom stereocenters. The SMILES string of the molecule is CN(C)CCn1c(CO)nc2cncc(Br)c21. The van der Waals surface area contributed by atoms with Crippen LogP contribution in [-0.2, 0) is 13.2 Å². The minimum Gasteiger partial charge on any atom is -0.388 e. The quantitative estimate of drug-likeness (QED) is 0.923. The average Bonchev–Trinajstić information content (AvgIpc) is 2.65. The Balaban J connectivity index is 2.49. The highest BCUT2D eigenvalue weighted by Crippen LogP contribution is 2.23. The van der Waals surface area contributed by atoms with E-state index in [0.29, 0.717) is 5.82 Å². The van der Waals surface area contributed by atoms with Gasteiger partial charge in [-0.2, -0.15) is 0 Å². The van der Waals surface area contributed by atoms with Crippen LogP contribution in [0, 0.1) is 0 Å². The zero-order chi connectivity index (χ0) is 12.4. The normalized spacial score (nSPS) is 11.6. The molecule has 2 heterocycles. The summed E-state index contributed by atoms with van der Waals surface area (Å²) in [7, 11) is 4.04. The first-order valence-corrected chi connectivity index (χ1v) is 6.17. The van der Waals surface area contributed by atoms with Gasteiger partial charge in [-0.1, -0.05) is 0 Å². The first-order valence-electron chi connectivity index (χ1n) is 5.37. The molecule has 0 radical (unpaired) electrons. The molecule has 1 N–H and O–H groups in total. The van der Waals surface area contributed by atoms with Crippen LogP contribution >= 0.6 is 15.9 Å². The molecule has 0 bridgehead atoms. The fourth-order valence-corrected chi connectivity index (χ4v) is 2.29. The van der Waals surface area contributed by atoms with Gasteiger partial charge < -0.3 is 14.6 Å². The van der Waals surface area contributed by atoms with Crippen LogP contribution in [0.5, 0.6) is 0 Å². The van der Waals surface area contributed by atoms with Crippen molar-refractivity contribution in [2.24, 2.45) is 0 Å². The highest BCUT2D eigenvalue weighted by atomic mass is 79.9. The molecule has 17 heavy (non-hydrogen) atoms. The summed E-state index contributed by atoms with van der Waals surface area (Å²) < 4.78 is 2.93. The molecule has 92 valence electrons. The predicted molar refractivity (Wildman–Crippen MR) is 69.7 cm³/mol. The summed E-state index contributed by atoms with van der Waals surface area (Å²) in [5.74, 6) is 0.676. The molecule has 0 amide bonds. The number of rotatable bonds is 4. The Labute approximate surface area is 108 Å². The Morgan fingerprint density at radius 2 is 2.18 bits per heavy atom. The van der Waals surface area contributed by atoms with Crippen molar-refractivity contribution >= 4 is 27.0 Å². The minimum absolute atomic E-state index is 0.0610. The molecular formula is C11H15BrN4O. The molecule has 0 saturated heterocycles. The molecule has 0 atom stereocenters. The van der Waals surface area contributed by atoms with E-state index in [1.165, 1.54) is 0 Å². The zero-order valence-corrected chi connectivity index (χ0v) is 11.5. The molecule has 2 aromatic heterocycles. The van der Waals surface area contributed by atoms with E-state index in [-0.39, 0.29) is 6.61 Å². The lowest BCUT2D eigenvalue weighted by Gasteiger charge is -2.13. The monoisotopic (exact) mass is 298 g/mol. The number of hydrogen-bond donors (Lipinski definition) is 1. The molecule has 0 aliphatic heterocycles. The molecule has 2 aromatic rings. The Morgan fingerprint density at radius 3 is 2.82 bits per heavy atom. The second-order valence-electron chi connectivity index (χ2n) is 4.13. The summed E-state index contributed by atoms with van der Waals surface area (Å²) in [5.41, 5.74) is 1.80. The van der Waals surface area contributed by atoms with Crippen LogP contribution in [0.2, 0.25) is 0 Å². The third-order valence-electron chi connectivity index (χ3n) is 2.60. The van der Waals surface area contributed by atoms with Gasteiger partial charge in [-0.25, -0.2) is 4.98 Å². The summed E-state index contributed by atoms with van der Waals surface area (Å²) >= 11 is 3.48. The highest BCUT2D eigenvalue weighted by molar-refractivity contribution is 9.10. The topological polar surface area (TPSA) is 54.2 Å². The second-order valence-corrected chi connectivity index (χ2v) is 4.98.